The van der Waals surface area contributed by atoms with E-state index < -0.39 is 23.8 Å². The van der Waals surface area contributed by atoms with Crippen molar-refractivity contribution in [2.75, 3.05) is 13.1 Å². The molecule has 0 heterocycles. The third-order valence-corrected chi connectivity index (χ3v) is 4.88. The monoisotopic (exact) mass is 457 g/mol. The molecular weight excluding hydrogens is 418 g/mol. The number of carbonyl (C=O) groups is 3. The van der Waals surface area contributed by atoms with E-state index in [1.165, 1.54) is 4.90 Å². The van der Waals surface area contributed by atoms with Gasteiger partial charge in [-0.15, -0.1) is 6.42 Å². The fourth-order valence-corrected chi connectivity index (χ4v) is 3.32. The first-order valence-corrected chi connectivity index (χ1v) is 11.7. The van der Waals surface area contributed by atoms with Crippen LogP contribution in [-0.4, -0.2) is 47.5 Å². The third kappa shape index (κ3) is 9.56. The molecule has 1 aromatic rings. The summed E-state index contributed by atoms with van der Waals surface area (Å²) in [7, 11) is 0. The van der Waals surface area contributed by atoms with E-state index in [4.69, 9.17) is 11.2 Å². The zero-order valence-electron chi connectivity index (χ0n) is 20.9. The van der Waals surface area contributed by atoms with Gasteiger partial charge in [-0.1, -0.05) is 44.7 Å². The summed E-state index contributed by atoms with van der Waals surface area (Å²) in [4.78, 5) is 40.4. The first-order valence-electron chi connectivity index (χ1n) is 11.7. The van der Waals surface area contributed by atoms with Crippen LogP contribution < -0.4 is 10.6 Å². The highest BCUT2D eigenvalue weighted by molar-refractivity contribution is 5.92. The fourth-order valence-electron chi connectivity index (χ4n) is 3.32. The van der Waals surface area contributed by atoms with Crippen molar-refractivity contribution in [3.63, 3.8) is 0 Å². The molecule has 7 nitrogen and oxygen atoms in total. The normalized spacial score (nSPS) is 12.8. The van der Waals surface area contributed by atoms with Crippen LogP contribution in [0.5, 0.6) is 0 Å². The highest BCUT2D eigenvalue weighted by Crippen LogP contribution is 2.23. The number of rotatable bonds is 11. The summed E-state index contributed by atoms with van der Waals surface area (Å²) in [5.41, 5.74) is 0.665. The Morgan fingerprint density at radius 3 is 2.24 bits per heavy atom. The standard InChI is InChI=1S/C26H39N3O4/c1-8-11-12-17-27-23(30)22(21-15-13-20(10-3)14-16-21)29(18-9-2)24(31)19(4)28-25(32)33-26(5,6)7/h3,13-16,19,22H,8-9,11-12,17-18H2,1-2,4-7H3,(H,27,30)(H,28,32). The van der Waals surface area contributed by atoms with Crippen molar-refractivity contribution < 1.29 is 19.1 Å². The van der Waals surface area contributed by atoms with Gasteiger partial charge in [0.2, 0.25) is 11.8 Å². The Morgan fingerprint density at radius 1 is 1.09 bits per heavy atom. The highest BCUT2D eigenvalue weighted by atomic mass is 16.6. The Morgan fingerprint density at radius 2 is 1.73 bits per heavy atom. The van der Waals surface area contributed by atoms with Crippen LogP contribution in [0.25, 0.3) is 0 Å². The summed E-state index contributed by atoms with van der Waals surface area (Å²) < 4.78 is 5.27. The van der Waals surface area contributed by atoms with Crippen LogP contribution in [0.1, 0.15) is 84.4 Å². The number of hydrogen-bond donors (Lipinski definition) is 2. The SMILES string of the molecule is C#Cc1ccc(C(C(=O)NCCCCC)N(CCC)C(=O)C(C)NC(=O)OC(C)(C)C)cc1. The number of hydrogen-bond acceptors (Lipinski definition) is 4. The van der Waals surface area contributed by atoms with Crippen LogP contribution >= 0.6 is 0 Å². The summed E-state index contributed by atoms with van der Waals surface area (Å²) in [6.07, 6.45) is 8.35. The minimum atomic E-state index is -0.869. The maximum Gasteiger partial charge on any atom is 0.408 e. The van der Waals surface area contributed by atoms with Crippen molar-refractivity contribution in [2.45, 2.75) is 84.9 Å². The Bertz CT molecular complexity index is 821. The molecule has 0 saturated carbocycles. The summed E-state index contributed by atoms with van der Waals surface area (Å²) in [5.74, 6) is 1.94. The lowest BCUT2D eigenvalue weighted by atomic mass is 10.0. The number of terminal acetylenes is 1. The zero-order chi connectivity index (χ0) is 25.0. The number of unbranched alkanes of at least 4 members (excludes halogenated alkanes) is 2. The van der Waals surface area contributed by atoms with Crippen LogP contribution in [0.2, 0.25) is 0 Å². The predicted octanol–water partition coefficient (Wildman–Crippen LogP) is 4.17. The smallest absolute Gasteiger partial charge is 0.408 e. The molecule has 7 heteroatoms. The number of nitrogens with zero attached hydrogens (tertiary/aromatic N) is 1. The van der Waals surface area contributed by atoms with Crippen LogP contribution in [0.4, 0.5) is 4.79 Å². The number of carbonyl (C=O) groups excluding carboxylic acids is 3. The maximum absolute atomic E-state index is 13.4. The number of nitrogens with one attached hydrogen (secondary N) is 2. The summed E-state index contributed by atoms with van der Waals surface area (Å²) in [6.45, 7) is 11.8. The number of benzene rings is 1. The molecular formula is C26H39N3O4. The molecule has 2 N–H and O–H groups in total. The Hall–Kier alpha value is -3.01. The molecule has 0 bridgehead atoms. The Labute approximate surface area is 198 Å². The third-order valence-electron chi connectivity index (χ3n) is 4.88. The molecule has 1 rings (SSSR count). The van der Waals surface area contributed by atoms with Crippen molar-refractivity contribution in [3.8, 4) is 12.3 Å². The fraction of sp³-hybridized carbons (Fsp3) is 0.577. The molecule has 0 aliphatic heterocycles. The van der Waals surface area contributed by atoms with E-state index >= 15 is 0 Å². The van der Waals surface area contributed by atoms with E-state index in [9.17, 15) is 14.4 Å². The van der Waals surface area contributed by atoms with Gasteiger partial charge in [0.05, 0.1) is 0 Å². The molecule has 0 aliphatic rings. The largest absolute Gasteiger partial charge is 0.444 e. The van der Waals surface area contributed by atoms with E-state index in [0.29, 0.717) is 30.6 Å². The van der Waals surface area contributed by atoms with Crippen molar-refractivity contribution in [3.05, 3.63) is 35.4 Å². The number of amides is 3. The van der Waals surface area contributed by atoms with E-state index in [0.717, 1.165) is 19.3 Å². The quantitative estimate of drug-likeness (QED) is 0.386. The van der Waals surface area contributed by atoms with Gasteiger partial charge in [-0.2, -0.15) is 0 Å². The van der Waals surface area contributed by atoms with E-state index in [2.05, 4.69) is 23.5 Å². The van der Waals surface area contributed by atoms with Crippen molar-refractivity contribution in [1.82, 2.24) is 15.5 Å². The van der Waals surface area contributed by atoms with Gasteiger partial charge in [-0.25, -0.2) is 4.79 Å². The summed E-state index contributed by atoms with van der Waals surface area (Å²) >= 11 is 0. The van der Waals surface area contributed by atoms with Gasteiger partial charge in [0.15, 0.2) is 0 Å². The number of alkyl carbamates (subject to hydrolysis) is 1. The topological polar surface area (TPSA) is 87.7 Å². The summed E-state index contributed by atoms with van der Waals surface area (Å²) in [6, 6.07) is 5.34. The molecule has 0 spiro atoms. The second-order valence-corrected chi connectivity index (χ2v) is 9.07. The second-order valence-electron chi connectivity index (χ2n) is 9.07. The van der Waals surface area contributed by atoms with Crippen molar-refractivity contribution >= 4 is 17.9 Å². The van der Waals surface area contributed by atoms with Gasteiger partial charge in [-0.3, -0.25) is 9.59 Å². The molecule has 0 aliphatic carbocycles. The predicted molar refractivity (Wildman–Crippen MR) is 130 cm³/mol. The maximum atomic E-state index is 13.4. The molecule has 3 amide bonds. The van der Waals surface area contributed by atoms with Gasteiger partial charge in [-0.05, 0) is 58.2 Å². The van der Waals surface area contributed by atoms with Crippen LogP contribution in [-0.2, 0) is 14.3 Å². The molecule has 0 radical (unpaired) electrons. The second kappa shape index (κ2) is 13.5. The molecule has 0 aromatic heterocycles. The van der Waals surface area contributed by atoms with Crippen LogP contribution in [0, 0.1) is 12.3 Å². The van der Waals surface area contributed by atoms with E-state index in [1.54, 1.807) is 52.0 Å². The lowest BCUT2D eigenvalue weighted by Gasteiger charge is -2.33. The van der Waals surface area contributed by atoms with Crippen LogP contribution in [0.3, 0.4) is 0 Å². The Balaban J connectivity index is 3.18. The minimum Gasteiger partial charge on any atom is -0.444 e. The van der Waals surface area contributed by atoms with Gasteiger partial charge >= 0.3 is 6.09 Å². The van der Waals surface area contributed by atoms with Gasteiger partial charge < -0.3 is 20.3 Å². The van der Waals surface area contributed by atoms with Crippen molar-refractivity contribution in [1.29, 1.82) is 0 Å². The van der Waals surface area contributed by atoms with E-state index in [1.807, 2.05) is 6.92 Å². The molecule has 0 saturated heterocycles. The van der Waals surface area contributed by atoms with Gasteiger partial charge in [0.25, 0.3) is 0 Å². The average molecular weight is 458 g/mol. The Kier molecular flexibility index (Phi) is 11.5. The lowest BCUT2D eigenvalue weighted by molar-refractivity contribution is -0.142. The lowest BCUT2D eigenvalue weighted by Crippen LogP contribution is -2.52. The average Bonchev–Trinajstić information content (AvgIpc) is 2.75. The van der Waals surface area contributed by atoms with Crippen molar-refractivity contribution in [2.24, 2.45) is 0 Å². The molecule has 33 heavy (non-hydrogen) atoms. The summed E-state index contributed by atoms with van der Waals surface area (Å²) in [5, 5.41) is 5.55. The minimum absolute atomic E-state index is 0.258. The molecule has 182 valence electrons. The van der Waals surface area contributed by atoms with Gasteiger partial charge in [0, 0.05) is 18.7 Å². The van der Waals surface area contributed by atoms with E-state index in [-0.39, 0.29) is 11.8 Å². The first-order chi connectivity index (χ1) is 15.5. The number of ether oxygens (including phenoxy) is 1. The molecule has 1 aromatic carbocycles. The zero-order valence-corrected chi connectivity index (χ0v) is 20.9. The molecule has 2 unspecified atom stereocenters. The van der Waals surface area contributed by atoms with Gasteiger partial charge in [0.1, 0.15) is 17.7 Å². The first kappa shape index (κ1) is 28.0. The molecule has 0 fully saturated rings. The highest BCUT2D eigenvalue weighted by Gasteiger charge is 2.34. The van der Waals surface area contributed by atoms with Crippen LogP contribution in [0.15, 0.2) is 24.3 Å². The molecule has 2 atom stereocenters.